The van der Waals surface area contributed by atoms with E-state index in [9.17, 15) is 9.18 Å². The minimum Gasteiger partial charge on any atom is -0.325 e. The first-order valence-electron chi connectivity index (χ1n) is 8.26. The van der Waals surface area contributed by atoms with Crippen molar-refractivity contribution in [3.8, 4) is 11.4 Å². The van der Waals surface area contributed by atoms with Gasteiger partial charge in [0.05, 0.1) is 11.3 Å². The van der Waals surface area contributed by atoms with Gasteiger partial charge in [0.1, 0.15) is 5.82 Å². The summed E-state index contributed by atoms with van der Waals surface area (Å²) in [6.07, 6.45) is 0. The molecule has 0 saturated heterocycles. The first-order chi connectivity index (χ1) is 12.6. The molecule has 1 aromatic heterocycles. The van der Waals surface area contributed by atoms with Crippen molar-refractivity contribution >= 4 is 23.4 Å². The number of hydrogen-bond donors (Lipinski definition) is 1. The van der Waals surface area contributed by atoms with Crippen LogP contribution in [0, 0.1) is 12.7 Å². The standard InChI is InChI=1S/C19H19FN4OS/c1-3-24-18(14-9-5-6-10-15(14)20)22-23-19(24)26-12-17(25)21-16-11-7-4-8-13(16)2/h4-11H,3,12H2,1-2H3,(H,21,25). The molecule has 1 heterocycles. The summed E-state index contributed by atoms with van der Waals surface area (Å²) in [7, 11) is 0. The van der Waals surface area contributed by atoms with Gasteiger partial charge < -0.3 is 9.88 Å². The summed E-state index contributed by atoms with van der Waals surface area (Å²) in [6, 6.07) is 14.1. The Morgan fingerprint density at radius 1 is 1.15 bits per heavy atom. The molecule has 1 amide bonds. The van der Waals surface area contributed by atoms with E-state index < -0.39 is 0 Å². The van der Waals surface area contributed by atoms with E-state index in [4.69, 9.17) is 0 Å². The van der Waals surface area contributed by atoms with E-state index in [0.29, 0.717) is 23.1 Å². The molecule has 5 nitrogen and oxygen atoms in total. The van der Waals surface area contributed by atoms with Gasteiger partial charge in [0.25, 0.3) is 0 Å². The van der Waals surface area contributed by atoms with Crippen LogP contribution < -0.4 is 5.32 Å². The Balaban J connectivity index is 1.72. The van der Waals surface area contributed by atoms with E-state index in [-0.39, 0.29) is 17.5 Å². The lowest BCUT2D eigenvalue weighted by molar-refractivity contribution is -0.113. The number of thioether (sulfide) groups is 1. The summed E-state index contributed by atoms with van der Waals surface area (Å²) in [4.78, 5) is 12.2. The number of nitrogens with one attached hydrogen (secondary N) is 1. The quantitative estimate of drug-likeness (QED) is 0.663. The van der Waals surface area contributed by atoms with E-state index in [1.165, 1.54) is 17.8 Å². The molecule has 0 spiro atoms. The van der Waals surface area contributed by atoms with Crippen molar-refractivity contribution in [3.05, 3.63) is 59.9 Å². The molecule has 0 aliphatic carbocycles. The SMILES string of the molecule is CCn1c(SCC(=O)Nc2ccccc2C)nnc1-c1ccccc1F. The lowest BCUT2D eigenvalue weighted by Crippen LogP contribution is -2.15. The van der Waals surface area contributed by atoms with Crippen LogP contribution in [0.4, 0.5) is 10.1 Å². The summed E-state index contributed by atoms with van der Waals surface area (Å²) in [5.41, 5.74) is 2.20. The molecule has 0 atom stereocenters. The first-order valence-corrected chi connectivity index (χ1v) is 9.25. The predicted octanol–water partition coefficient (Wildman–Crippen LogP) is 4.14. The van der Waals surface area contributed by atoms with Crippen molar-refractivity contribution in [2.45, 2.75) is 25.5 Å². The van der Waals surface area contributed by atoms with Crippen LogP contribution in [0.15, 0.2) is 53.7 Å². The maximum Gasteiger partial charge on any atom is 0.234 e. The number of carbonyl (C=O) groups is 1. The van der Waals surface area contributed by atoms with Crippen LogP contribution in [0.1, 0.15) is 12.5 Å². The van der Waals surface area contributed by atoms with Gasteiger partial charge in [-0.15, -0.1) is 10.2 Å². The van der Waals surface area contributed by atoms with E-state index >= 15 is 0 Å². The Bertz CT molecular complexity index is 925. The Morgan fingerprint density at radius 3 is 2.62 bits per heavy atom. The largest absolute Gasteiger partial charge is 0.325 e. The Morgan fingerprint density at radius 2 is 1.88 bits per heavy atom. The lowest BCUT2D eigenvalue weighted by atomic mass is 10.2. The van der Waals surface area contributed by atoms with Gasteiger partial charge in [0.15, 0.2) is 11.0 Å². The zero-order valence-corrected chi connectivity index (χ0v) is 15.4. The zero-order chi connectivity index (χ0) is 18.5. The molecule has 26 heavy (non-hydrogen) atoms. The number of aromatic nitrogens is 3. The van der Waals surface area contributed by atoms with Crippen molar-refractivity contribution in [1.82, 2.24) is 14.8 Å². The molecule has 0 unspecified atom stereocenters. The van der Waals surface area contributed by atoms with Crippen molar-refractivity contribution in [3.63, 3.8) is 0 Å². The first kappa shape index (κ1) is 18.1. The Labute approximate surface area is 155 Å². The Hall–Kier alpha value is -2.67. The monoisotopic (exact) mass is 370 g/mol. The molecular formula is C19H19FN4OS. The summed E-state index contributed by atoms with van der Waals surface area (Å²) in [5, 5.41) is 11.7. The highest BCUT2D eigenvalue weighted by Crippen LogP contribution is 2.26. The van der Waals surface area contributed by atoms with E-state index in [1.54, 1.807) is 18.2 Å². The summed E-state index contributed by atoms with van der Waals surface area (Å²) in [5.74, 6) is 0.197. The van der Waals surface area contributed by atoms with Gasteiger partial charge in [-0.2, -0.15) is 0 Å². The molecule has 2 aromatic carbocycles. The van der Waals surface area contributed by atoms with Gasteiger partial charge in [-0.25, -0.2) is 4.39 Å². The number of aryl methyl sites for hydroxylation is 1. The highest BCUT2D eigenvalue weighted by atomic mass is 32.2. The highest BCUT2D eigenvalue weighted by molar-refractivity contribution is 7.99. The van der Waals surface area contributed by atoms with E-state index in [2.05, 4.69) is 15.5 Å². The third kappa shape index (κ3) is 3.94. The van der Waals surface area contributed by atoms with Crippen molar-refractivity contribution in [2.24, 2.45) is 0 Å². The van der Waals surface area contributed by atoms with E-state index in [0.717, 1.165) is 11.3 Å². The highest BCUT2D eigenvalue weighted by Gasteiger charge is 2.17. The minimum atomic E-state index is -0.344. The van der Waals surface area contributed by atoms with Crippen LogP contribution in [0.5, 0.6) is 0 Å². The van der Waals surface area contributed by atoms with Crippen molar-refractivity contribution in [1.29, 1.82) is 0 Å². The van der Waals surface area contributed by atoms with Crippen LogP contribution in [-0.2, 0) is 11.3 Å². The second-order valence-corrected chi connectivity index (χ2v) is 6.62. The molecule has 3 aromatic rings. The van der Waals surface area contributed by atoms with Gasteiger partial charge in [-0.3, -0.25) is 4.79 Å². The topological polar surface area (TPSA) is 59.8 Å². The third-order valence-electron chi connectivity index (χ3n) is 3.90. The van der Waals surface area contributed by atoms with E-state index in [1.807, 2.05) is 42.7 Å². The summed E-state index contributed by atoms with van der Waals surface area (Å²) >= 11 is 1.28. The molecule has 1 N–H and O–H groups in total. The number of anilines is 1. The van der Waals surface area contributed by atoms with Gasteiger partial charge >= 0.3 is 0 Å². The molecule has 0 aliphatic heterocycles. The van der Waals surface area contributed by atoms with Gasteiger partial charge in [0, 0.05) is 12.2 Å². The molecule has 0 saturated carbocycles. The molecular weight excluding hydrogens is 351 g/mol. The van der Waals surface area contributed by atoms with Gasteiger partial charge in [-0.05, 0) is 37.6 Å². The number of halogens is 1. The zero-order valence-electron chi connectivity index (χ0n) is 14.6. The molecule has 0 aliphatic rings. The number of nitrogens with zero attached hydrogens (tertiary/aromatic N) is 3. The van der Waals surface area contributed by atoms with Gasteiger partial charge in [0.2, 0.25) is 5.91 Å². The fourth-order valence-corrected chi connectivity index (χ4v) is 3.35. The molecule has 0 fully saturated rings. The fourth-order valence-electron chi connectivity index (χ4n) is 2.55. The smallest absolute Gasteiger partial charge is 0.234 e. The maximum absolute atomic E-state index is 14.0. The second-order valence-electron chi connectivity index (χ2n) is 5.68. The third-order valence-corrected chi connectivity index (χ3v) is 4.87. The van der Waals surface area contributed by atoms with Crippen LogP contribution in [0.2, 0.25) is 0 Å². The van der Waals surface area contributed by atoms with Crippen LogP contribution in [0.3, 0.4) is 0 Å². The number of amides is 1. The summed E-state index contributed by atoms with van der Waals surface area (Å²) < 4.78 is 15.9. The Kier molecular flexibility index (Phi) is 5.68. The number of carbonyl (C=O) groups excluding carboxylic acids is 1. The molecule has 7 heteroatoms. The second kappa shape index (κ2) is 8.14. The van der Waals surface area contributed by atoms with Crippen LogP contribution >= 0.6 is 11.8 Å². The van der Waals surface area contributed by atoms with Crippen molar-refractivity contribution in [2.75, 3.05) is 11.1 Å². The molecule has 134 valence electrons. The molecule has 0 radical (unpaired) electrons. The minimum absolute atomic E-state index is 0.123. The average molecular weight is 370 g/mol. The number of para-hydroxylation sites is 1. The maximum atomic E-state index is 14.0. The summed E-state index contributed by atoms with van der Waals surface area (Å²) in [6.45, 7) is 4.46. The number of rotatable bonds is 6. The number of benzene rings is 2. The van der Waals surface area contributed by atoms with Gasteiger partial charge in [-0.1, -0.05) is 42.1 Å². The fraction of sp³-hybridized carbons (Fsp3) is 0.211. The number of hydrogen-bond acceptors (Lipinski definition) is 4. The predicted molar refractivity (Wildman–Crippen MR) is 102 cm³/mol. The van der Waals surface area contributed by atoms with Crippen LogP contribution in [-0.4, -0.2) is 26.4 Å². The van der Waals surface area contributed by atoms with Crippen LogP contribution in [0.25, 0.3) is 11.4 Å². The average Bonchev–Trinajstić information content (AvgIpc) is 3.05. The molecule has 0 bridgehead atoms. The molecule has 3 rings (SSSR count). The normalized spacial score (nSPS) is 10.7. The lowest BCUT2D eigenvalue weighted by Gasteiger charge is -2.09. The van der Waals surface area contributed by atoms with Crippen molar-refractivity contribution < 1.29 is 9.18 Å².